The van der Waals surface area contributed by atoms with Crippen molar-refractivity contribution in [3.8, 4) is 0 Å². The summed E-state index contributed by atoms with van der Waals surface area (Å²) in [5.74, 6) is -1.17. The summed E-state index contributed by atoms with van der Waals surface area (Å²) >= 11 is 0. The number of alkyl halides is 3. The topological polar surface area (TPSA) is 34.1 Å². The quantitative estimate of drug-likeness (QED) is 0.544. The first-order valence-corrected chi connectivity index (χ1v) is 6.93. The number of carbonyl (C=O) groups excluding carboxylic acids is 1. The Hall–Kier alpha value is -1.82. The highest BCUT2D eigenvalue weighted by atomic mass is 32.2. The van der Waals surface area contributed by atoms with Crippen LogP contribution in [0.2, 0.25) is 0 Å². The Morgan fingerprint density at radius 1 is 1.15 bits per heavy atom. The molecule has 20 heavy (non-hydrogen) atoms. The second kappa shape index (κ2) is 4.34. The first kappa shape index (κ1) is 13.2. The summed E-state index contributed by atoms with van der Waals surface area (Å²) in [6, 6.07) is 2.77. The molecule has 1 aromatic rings. The number of hydrogen-bond acceptors (Lipinski definition) is 3. The summed E-state index contributed by atoms with van der Waals surface area (Å²) in [5, 5.41) is 0. The summed E-state index contributed by atoms with van der Waals surface area (Å²) in [5.41, 5.74) is -1.01. The lowest BCUT2D eigenvalue weighted by atomic mass is 9.90. The van der Waals surface area contributed by atoms with E-state index in [2.05, 4.69) is 0 Å². The molecule has 0 N–H and O–H groups in total. The van der Waals surface area contributed by atoms with Gasteiger partial charge in [-0.1, -0.05) is 36.4 Å². The summed E-state index contributed by atoms with van der Waals surface area (Å²) in [4.78, 5) is 12.8. The van der Waals surface area contributed by atoms with Crippen molar-refractivity contribution in [1.29, 1.82) is 0 Å². The molecular formula is C14H8F3O2S-. The van der Waals surface area contributed by atoms with Gasteiger partial charge in [0.1, 0.15) is 0 Å². The second-order valence-electron chi connectivity index (χ2n) is 4.47. The predicted octanol–water partition coefficient (Wildman–Crippen LogP) is 3.14. The van der Waals surface area contributed by atoms with E-state index in [1.807, 2.05) is 0 Å². The van der Waals surface area contributed by atoms with Crippen molar-refractivity contribution in [3.63, 3.8) is 0 Å². The maximum Gasteiger partial charge on any atom is 0.416 e. The molecule has 1 aromatic carbocycles. The fourth-order valence-corrected chi connectivity index (χ4v) is 3.70. The summed E-state index contributed by atoms with van der Waals surface area (Å²) < 4.78 is 50.4. The number of halogens is 3. The van der Waals surface area contributed by atoms with Crippen molar-refractivity contribution in [2.24, 2.45) is 5.92 Å². The van der Waals surface area contributed by atoms with Crippen molar-refractivity contribution >= 4 is 21.0 Å². The molecule has 1 unspecified atom stereocenters. The standard InChI is InChI=1S/C14H8F3O2S/c15-14(16,17)8-5-6-12-10(7-8)13(18)9-3-1-2-4-11(9)20(12)19/h1-7,9H/q-1. The van der Waals surface area contributed by atoms with Crippen LogP contribution in [0.4, 0.5) is 13.2 Å². The molecule has 1 heterocycles. The third-order valence-corrected chi connectivity index (χ3v) is 4.82. The fourth-order valence-electron chi connectivity index (χ4n) is 2.27. The van der Waals surface area contributed by atoms with E-state index in [4.69, 9.17) is 0 Å². The molecule has 1 aliphatic carbocycles. The Balaban J connectivity index is 2.25. The predicted molar refractivity (Wildman–Crippen MR) is 68.9 cm³/mol. The molecule has 2 aliphatic rings. The molecule has 0 saturated carbocycles. The van der Waals surface area contributed by atoms with Crippen molar-refractivity contribution in [1.82, 2.24) is 0 Å². The second-order valence-corrected chi connectivity index (χ2v) is 5.91. The number of carbonyl (C=O) groups is 1. The van der Waals surface area contributed by atoms with Gasteiger partial charge in [-0.05, 0) is 6.07 Å². The largest absolute Gasteiger partial charge is 0.457 e. The monoisotopic (exact) mass is 297 g/mol. The molecule has 3 rings (SSSR count). The van der Waals surface area contributed by atoms with Crippen LogP contribution < -0.4 is 0 Å². The molecule has 1 atom stereocenters. The van der Waals surface area contributed by atoms with Crippen LogP contribution in [0, 0.1) is 5.92 Å². The minimum absolute atomic E-state index is 0.105. The minimum atomic E-state index is -4.52. The van der Waals surface area contributed by atoms with Crippen LogP contribution in [-0.2, 0) is 20.8 Å². The van der Waals surface area contributed by atoms with Gasteiger partial charge in [-0.2, -0.15) is 13.2 Å². The Bertz CT molecular complexity index is 750. The summed E-state index contributed by atoms with van der Waals surface area (Å²) in [6.45, 7) is 0. The molecule has 0 saturated heterocycles. The Morgan fingerprint density at radius 3 is 2.60 bits per heavy atom. The SMILES string of the molecule is O=C1c2cc(C(F)(F)F)ccc2[S-](=O)=C2C=CC=CC12. The third kappa shape index (κ3) is 1.91. The van der Waals surface area contributed by atoms with Gasteiger partial charge in [0.05, 0.1) is 5.56 Å². The number of allylic oxidation sites excluding steroid dienone is 4. The first-order chi connectivity index (χ1) is 9.39. The molecule has 0 bridgehead atoms. The molecule has 0 spiro atoms. The first-order valence-electron chi connectivity index (χ1n) is 5.78. The molecule has 0 radical (unpaired) electrons. The Morgan fingerprint density at radius 2 is 1.90 bits per heavy atom. The lowest BCUT2D eigenvalue weighted by Gasteiger charge is -2.30. The van der Waals surface area contributed by atoms with E-state index in [9.17, 15) is 22.2 Å². The van der Waals surface area contributed by atoms with Crippen LogP contribution in [0.15, 0.2) is 47.4 Å². The third-order valence-electron chi connectivity index (χ3n) is 3.25. The normalized spacial score (nSPS) is 21.9. The van der Waals surface area contributed by atoms with Crippen LogP contribution in [0.1, 0.15) is 15.9 Å². The van der Waals surface area contributed by atoms with Crippen LogP contribution >= 0.6 is 0 Å². The van der Waals surface area contributed by atoms with Crippen molar-refractivity contribution in [3.05, 3.63) is 53.6 Å². The molecule has 0 aromatic heterocycles. The highest BCUT2D eigenvalue weighted by Crippen LogP contribution is 2.34. The molecule has 0 fully saturated rings. The van der Waals surface area contributed by atoms with Crippen molar-refractivity contribution in [2.75, 3.05) is 0 Å². The van der Waals surface area contributed by atoms with Crippen LogP contribution in [0.3, 0.4) is 0 Å². The Kier molecular flexibility index (Phi) is 2.86. The molecule has 1 aliphatic heterocycles. The zero-order valence-corrected chi connectivity index (χ0v) is 10.8. The van der Waals surface area contributed by atoms with E-state index < -0.39 is 33.8 Å². The van der Waals surface area contributed by atoms with E-state index in [0.29, 0.717) is 4.86 Å². The van der Waals surface area contributed by atoms with E-state index in [1.54, 1.807) is 24.3 Å². The molecule has 2 nitrogen and oxygen atoms in total. The zero-order chi connectivity index (χ0) is 14.5. The van der Waals surface area contributed by atoms with E-state index in [1.165, 1.54) is 0 Å². The van der Waals surface area contributed by atoms with Gasteiger partial charge in [-0.15, -0.1) is 9.76 Å². The molecule has 104 valence electrons. The lowest BCUT2D eigenvalue weighted by molar-refractivity contribution is -0.137. The highest BCUT2D eigenvalue weighted by molar-refractivity contribution is 7.85. The van der Waals surface area contributed by atoms with Crippen molar-refractivity contribution < 1.29 is 22.2 Å². The minimum Gasteiger partial charge on any atom is -0.457 e. The zero-order valence-electron chi connectivity index (χ0n) is 9.98. The average Bonchev–Trinajstić information content (AvgIpc) is 2.43. The number of hydrogen-bond donors (Lipinski definition) is 0. The average molecular weight is 297 g/mol. The maximum atomic E-state index is 12.7. The van der Waals surface area contributed by atoms with Gasteiger partial charge in [0.25, 0.3) is 0 Å². The van der Waals surface area contributed by atoms with Crippen LogP contribution in [-0.4, -0.2) is 10.6 Å². The number of ketones is 1. The molecule has 6 heteroatoms. The summed E-state index contributed by atoms with van der Waals surface area (Å²) in [7, 11) is -1.60. The van der Waals surface area contributed by atoms with Gasteiger partial charge in [0.15, 0.2) is 5.78 Å². The van der Waals surface area contributed by atoms with Gasteiger partial charge in [-0.25, -0.2) is 10.4 Å². The highest BCUT2D eigenvalue weighted by Gasteiger charge is 2.33. The smallest absolute Gasteiger partial charge is 0.416 e. The van der Waals surface area contributed by atoms with Gasteiger partial charge in [0, 0.05) is 11.5 Å². The van der Waals surface area contributed by atoms with E-state index in [0.717, 1.165) is 18.2 Å². The van der Waals surface area contributed by atoms with Gasteiger partial charge in [0.2, 0.25) is 0 Å². The number of rotatable bonds is 0. The summed E-state index contributed by atoms with van der Waals surface area (Å²) in [6.07, 6.45) is 1.90. The maximum absolute atomic E-state index is 12.7. The van der Waals surface area contributed by atoms with E-state index in [-0.39, 0.29) is 10.5 Å². The lowest BCUT2D eigenvalue weighted by Crippen LogP contribution is -2.29. The van der Waals surface area contributed by atoms with Gasteiger partial charge in [-0.3, -0.25) is 4.79 Å². The molecule has 0 amide bonds. The van der Waals surface area contributed by atoms with Gasteiger partial charge >= 0.3 is 6.18 Å². The van der Waals surface area contributed by atoms with Crippen LogP contribution in [0.5, 0.6) is 0 Å². The van der Waals surface area contributed by atoms with Crippen LogP contribution in [0.25, 0.3) is 0 Å². The van der Waals surface area contributed by atoms with E-state index >= 15 is 0 Å². The number of fused-ring (bicyclic) bond motifs is 2. The van der Waals surface area contributed by atoms with Crippen molar-refractivity contribution in [2.45, 2.75) is 11.1 Å². The van der Waals surface area contributed by atoms with Gasteiger partial charge < -0.3 is 4.21 Å². The fraction of sp³-hybridized carbons (Fsp3) is 0.143. The molecular weight excluding hydrogens is 289 g/mol. The Labute approximate surface area is 114 Å². The number of Topliss-reactive ketones (excluding diaryl/α,β-unsaturated/α-hetero) is 1. The number of benzene rings is 1.